The maximum Gasteiger partial charge on any atom is 0.143 e. The molecule has 0 spiro atoms. The van der Waals surface area contributed by atoms with E-state index in [0.29, 0.717) is 27.9 Å². The van der Waals surface area contributed by atoms with Gasteiger partial charge in [-0.1, -0.05) is 151 Å². The van der Waals surface area contributed by atoms with Gasteiger partial charge in [-0.15, -0.1) is 0 Å². The summed E-state index contributed by atoms with van der Waals surface area (Å²) in [5.41, 5.74) is 2.74. The third kappa shape index (κ3) is 3.44. The maximum absolute atomic E-state index is 9.45. The van der Waals surface area contributed by atoms with Crippen molar-refractivity contribution in [2.24, 2.45) is 0 Å². The molecule has 9 aromatic carbocycles. The summed E-state index contributed by atoms with van der Waals surface area (Å²) >= 11 is 0. The van der Waals surface area contributed by atoms with Crippen LogP contribution < -0.4 is 0 Å². The number of benzene rings is 9. The molecule has 0 unspecified atom stereocenters. The first kappa shape index (κ1) is 18.0. The number of rotatable bonds is 2. The zero-order valence-electron chi connectivity index (χ0n) is 31.8. The van der Waals surface area contributed by atoms with Gasteiger partial charge in [-0.3, -0.25) is 0 Å². The second kappa shape index (κ2) is 9.29. The van der Waals surface area contributed by atoms with E-state index < -0.39 is 24.2 Å². The maximum atomic E-state index is 9.45. The molecule has 208 valence electrons. The first-order valence-electron chi connectivity index (χ1n) is 18.9. The van der Waals surface area contributed by atoms with Crippen LogP contribution in [0.4, 0.5) is 0 Å². The highest BCUT2D eigenvalue weighted by atomic mass is 16.3. The quantitative estimate of drug-likeness (QED) is 0.147. The van der Waals surface area contributed by atoms with Crippen LogP contribution in [0.25, 0.3) is 98.1 Å². The van der Waals surface area contributed by atoms with E-state index in [1.54, 1.807) is 6.07 Å². The molecule has 0 amide bonds. The molecule has 10 rings (SSSR count). The van der Waals surface area contributed by atoms with Crippen LogP contribution in [0, 0.1) is 0 Å². The molecule has 0 saturated carbocycles. The number of hydrogen-bond donors (Lipinski definition) is 0. The van der Waals surface area contributed by atoms with Crippen LogP contribution in [0.2, 0.25) is 0 Å². The molecule has 45 heavy (non-hydrogen) atoms. The van der Waals surface area contributed by atoms with Crippen molar-refractivity contribution in [3.8, 4) is 22.3 Å². The van der Waals surface area contributed by atoms with Gasteiger partial charge in [0.1, 0.15) is 11.2 Å². The van der Waals surface area contributed by atoms with Crippen molar-refractivity contribution in [3.63, 3.8) is 0 Å². The molecule has 0 atom stereocenters. The monoisotopic (exact) mass is 578 g/mol. The van der Waals surface area contributed by atoms with Gasteiger partial charge in [0.25, 0.3) is 0 Å². The number of hydrogen-bond acceptors (Lipinski definition) is 1. The molecule has 0 N–H and O–H groups in total. The lowest BCUT2D eigenvalue weighted by atomic mass is 9.84. The van der Waals surface area contributed by atoms with Gasteiger partial charge in [-0.2, -0.15) is 0 Å². The fourth-order valence-corrected chi connectivity index (χ4v) is 7.15. The summed E-state index contributed by atoms with van der Waals surface area (Å²) in [6, 6.07) is 32.2. The van der Waals surface area contributed by atoms with Crippen LogP contribution in [-0.2, 0) is 0 Å². The van der Waals surface area contributed by atoms with E-state index >= 15 is 0 Å². The van der Waals surface area contributed by atoms with Crippen LogP contribution in [0.1, 0.15) is 11.0 Å². The van der Waals surface area contributed by atoms with E-state index in [1.165, 1.54) is 0 Å². The summed E-state index contributed by atoms with van der Waals surface area (Å²) in [7, 11) is 0. The molecule has 0 aliphatic carbocycles. The molecule has 0 bridgehead atoms. The lowest BCUT2D eigenvalue weighted by Crippen LogP contribution is -1.92. The summed E-state index contributed by atoms with van der Waals surface area (Å²) < 4.78 is 80.0. The largest absolute Gasteiger partial charge is 0.455 e. The number of para-hydroxylation sites is 1. The van der Waals surface area contributed by atoms with E-state index in [9.17, 15) is 5.48 Å². The summed E-state index contributed by atoms with van der Waals surface area (Å²) in [4.78, 5) is 0. The first-order chi connectivity index (χ1) is 25.7. The van der Waals surface area contributed by atoms with Gasteiger partial charge in [0.15, 0.2) is 0 Å². The number of furan rings is 1. The van der Waals surface area contributed by atoms with Crippen molar-refractivity contribution in [1.29, 1.82) is 0 Å². The molecule has 1 aromatic heterocycles. The Morgan fingerprint density at radius 2 is 0.822 bits per heavy atom. The molecule has 0 fully saturated rings. The van der Waals surface area contributed by atoms with Gasteiger partial charge in [-0.25, -0.2) is 0 Å². The van der Waals surface area contributed by atoms with E-state index in [2.05, 4.69) is 0 Å². The fourth-order valence-electron chi connectivity index (χ4n) is 7.15. The zero-order chi connectivity index (χ0) is 36.4. The summed E-state index contributed by atoms with van der Waals surface area (Å²) in [6.07, 6.45) is 0. The normalized spacial score (nSPS) is 14.5. The molecule has 1 heteroatoms. The van der Waals surface area contributed by atoms with Gasteiger partial charge >= 0.3 is 0 Å². The molecule has 0 radical (unpaired) electrons. The van der Waals surface area contributed by atoms with E-state index in [0.717, 1.165) is 43.1 Å². The molecular formula is C44H26O. The lowest BCUT2D eigenvalue weighted by Gasteiger charge is -2.19. The Kier molecular flexibility index (Phi) is 3.72. The van der Waals surface area contributed by atoms with Gasteiger partial charge in [-0.05, 0) is 65.7 Å². The van der Waals surface area contributed by atoms with Gasteiger partial charge in [0.2, 0.25) is 0 Å². The van der Waals surface area contributed by atoms with Gasteiger partial charge in [0.05, 0.1) is 11.0 Å². The van der Waals surface area contributed by atoms with Crippen LogP contribution >= 0.6 is 0 Å². The van der Waals surface area contributed by atoms with Crippen LogP contribution in [-0.4, -0.2) is 0 Å². The summed E-state index contributed by atoms with van der Waals surface area (Å²) in [5, 5.41) is 7.89. The first-order valence-corrected chi connectivity index (χ1v) is 14.9. The molecule has 0 saturated heterocycles. The molecule has 0 aliphatic heterocycles. The van der Waals surface area contributed by atoms with E-state index in [-0.39, 0.29) is 51.3 Å². The van der Waals surface area contributed by atoms with Crippen molar-refractivity contribution in [2.45, 2.75) is 0 Å². The Morgan fingerprint density at radius 1 is 0.333 bits per heavy atom. The van der Waals surface area contributed by atoms with Crippen molar-refractivity contribution in [3.05, 3.63) is 158 Å². The predicted octanol–water partition coefficient (Wildman–Crippen LogP) is 12.7. The van der Waals surface area contributed by atoms with Crippen LogP contribution in [0.5, 0.6) is 0 Å². The zero-order valence-corrected chi connectivity index (χ0v) is 23.8. The van der Waals surface area contributed by atoms with Crippen molar-refractivity contribution < 1.29 is 15.4 Å². The third-order valence-corrected chi connectivity index (χ3v) is 9.09. The lowest BCUT2D eigenvalue weighted by molar-refractivity contribution is 0.674. The standard InChI is InChI=1S/C44H26O/c1-3-13-29-27(11-1)23-25-32-31(29)19-9-20-33(32)41-34-15-5-7-17-36(34)42(37-18-8-6-16-35(37)41)40-22-10-21-38-39-26-24-28-12-2-4-14-30(28)43(39)45-44(38)40/h1-26H/i5D,6D,7D,8D,15D,16D,17D,18D. The van der Waals surface area contributed by atoms with Gasteiger partial charge in [0, 0.05) is 27.3 Å². The molecular weight excluding hydrogens is 544 g/mol. The smallest absolute Gasteiger partial charge is 0.143 e. The molecule has 1 heterocycles. The molecule has 10 aromatic rings. The summed E-state index contributed by atoms with van der Waals surface area (Å²) in [6.45, 7) is 0. The molecule has 0 aliphatic rings. The van der Waals surface area contributed by atoms with Crippen LogP contribution in [0.3, 0.4) is 0 Å². The Hall–Kier alpha value is -5.92. The van der Waals surface area contributed by atoms with Crippen LogP contribution in [0.15, 0.2) is 162 Å². The van der Waals surface area contributed by atoms with Gasteiger partial charge < -0.3 is 4.42 Å². The Bertz CT molecular complexity index is 3190. The van der Waals surface area contributed by atoms with Crippen molar-refractivity contribution in [1.82, 2.24) is 0 Å². The third-order valence-electron chi connectivity index (χ3n) is 9.09. The summed E-state index contributed by atoms with van der Waals surface area (Å²) in [5.74, 6) is 0. The minimum Gasteiger partial charge on any atom is -0.455 e. The van der Waals surface area contributed by atoms with E-state index in [1.807, 2.05) is 103 Å². The Labute approximate surface area is 270 Å². The second-order valence-electron chi connectivity index (χ2n) is 11.4. The Morgan fingerprint density at radius 3 is 1.51 bits per heavy atom. The second-order valence-corrected chi connectivity index (χ2v) is 11.4. The highest BCUT2D eigenvalue weighted by Crippen LogP contribution is 2.48. The van der Waals surface area contributed by atoms with Crippen molar-refractivity contribution >= 4 is 75.8 Å². The topological polar surface area (TPSA) is 13.1 Å². The Balaban J connectivity index is 1.48. The van der Waals surface area contributed by atoms with Crippen molar-refractivity contribution in [2.75, 3.05) is 0 Å². The number of fused-ring (bicyclic) bond motifs is 10. The van der Waals surface area contributed by atoms with E-state index in [4.69, 9.17) is 9.90 Å². The fraction of sp³-hybridized carbons (Fsp3) is 0. The highest BCUT2D eigenvalue weighted by molar-refractivity contribution is 6.27. The highest BCUT2D eigenvalue weighted by Gasteiger charge is 2.21. The predicted molar refractivity (Wildman–Crippen MR) is 192 cm³/mol. The minimum absolute atomic E-state index is 0.152. The SMILES string of the molecule is [2H]c1c([2H])c([2H])c2c(-c3cccc4c3oc3c5ccccc5ccc43)c3c([2H])c([2H])c([2H])c([2H])c3c(-c3cccc4c3ccc3ccccc34)c2c1[2H]. The average molecular weight is 579 g/mol. The minimum atomic E-state index is -0.443. The molecule has 1 nitrogen and oxygen atoms in total. The average Bonchev–Trinajstić information content (AvgIpc) is 3.59.